The summed E-state index contributed by atoms with van der Waals surface area (Å²) in [6.07, 6.45) is 1.41. The molecule has 0 aliphatic rings. The number of benzene rings is 1. The third-order valence-corrected chi connectivity index (χ3v) is 2.46. The van der Waals surface area contributed by atoms with Crippen LogP contribution in [0, 0.1) is 27.3 Å². The molecule has 0 aliphatic heterocycles. The molecule has 0 unspecified atom stereocenters. The van der Waals surface area contributed by atoms with Crippen molar-refractivity contribution < 1.29 is 14.1 Å². The Kier molecular flexibility index (Phi) is 3.86. The van der Waals surface area contributed by atoms with Crippen LogP contribution in [0.4, 0.5) is 10.1 Å². The standard InChI is InChI=1S/C13H8FN3O3/c14-11-2-1-3-12(17(18)19)13(11)20-8-9-4-5-16-10(6-9)7-15/h1-6H,8H2. The second-order valence-corrected chi connectivity index (χ2v) is 3.80. The third-order valence-electron chi connectivity index (χ3n) is 2.46. The fraction of sp³-hybridized carbons (Fsp3) is 0.0769. The van der Waals surface area contributed by atoms with Crippen molar-refractivity contribution in [2.24, 2.45) is 0 Å². The van der Waals surface area contributed by atoms with Crippen LogP contribution in [0.5, 0.6) is 5.75 Å². The maximum Gasteiger partial charge on any atom is 0.314 e. The molecule has 7 heteroatoms. The fourth-order valence-electron chi connectivity index (χ4n) is 1.56. The van der Waals surface area contributed by atoms with Gasteiger partial charge in [0.1, 0.15) is 18.4 Å². The maximum atomic E-state index is 13.6. The van der Waals surface area contributed by atoms with Crippen molar-refractivity contribution in [3.63, 3.8) is 0 Å². The normalized spacial score (nSPS) is 9.80. The highest BCUT2D eigenvalue weighted by Gasteiger charge is 2.19. The Morgan fingerprint density at radius 1 is 1.45 bits per heavy atom. The summed E-state index contributed by atoms with van der Waals surface area (Å²) in [5.74, 6) is -1.23. The van der Waals surface area contributed by atoms with Crippen LogP contribution in [-0.2, 0) is 6.61 Å². The Labute approximate surface area is 113 Å². The molecule has 0 atom stereocenters. The predicted molar refractivity (Wildman–Crippen MR) is 66.3 cm³/mol. The van der Waals surface area contributed by atoms with Crippen molar-refractivity contribution in [3.8, 4) is 11.8 Å². The average molecular weight is 273 g/mol. The van der Waals surface area contributed by atoms with Crippen molar-refractivity contribution in [2.45, 2.75) is 6.61 Å². The fourth-order valence-corrected chi connectivity index (χ4v) is 1.56. The number of nitro benzene ring substituents is 1. The van der Waals surface area contributed by atoms with Gasteiger partial charge in [0.25, 0.3) is 0 Å². The van der Waals surface area contributed by atoms with E-state index < -0.39 is 22.2 Å². The Morgan fingerprint density at radius 2 is 2.25 bits per heavy atom. The molecular formula is C13H8FN3O3. The Morgan fingerprint density at radius 3 is 2.95 bits per heavy atom. The van der Waals surface area contributed by atoms with Crippen LogP contribution in [0.2, 0.25) is 0 Å². The summed E-state index contributed by atoms with van der Waals surface area (Å²) in [5.41, 5.74) is 0.308. The summed E-state index contributed by atoms with van der Waals surface area (Å²) in [6.45, 7) is -0.0982. The molecule has 0 radical (unpaired) electrons. The minimum atomic E-state index is -0.811. The molecule has 1 aromatic heterocycles. The van der Waals surface area contributed by atoms with E-state index in [1.54, 1.807) is 6.07 Å². The van der Waals surface area contributed by atoms with Crippen molar-refractivity contribution in [1.82, 2.24) is 4.98 Å². The minimum Gasteiger partial charge on any atom is -0.480 e. The van der Waals surface area contributed by atoms with Crippen LogP contribution in [0.15, 0.2) is 36.5 Å². The lowest BCUT2D eigenvalue weighted by atomic mass is 10.2. The van der Waals surface area contributed by atoms with E-state index in [-0.39, 0.29) is 12.3 Å². The van der Waals surface area contributed by atoms with Crippen LogP contribution >= 0.6 is 0 Å². The molecule has 0 N–H and O–H groups in total. The highest BCUT2D eigenvalue weighted by atomic mass is 19.1. The number of nitro groups is 1. The first-order chi connectivity index (χ1) is 9.61. The van der Waals surface area contributed by atoms with Gasteiger partial charge in [-0.15, -0.1) is 0 Å². The molecule has 0 saturated heterocycles. The number of aromatic nitrogens is 1. The SMILES string of the molecule is N#Cc1cc(COc2c(F)cccc2[N+](=O)[O-])ccn1. The van der Waals surface area contributed by atoms with Crippen molar-refractivity contribution in [1.29, 1.82) is 5.26 Å². The summed E-state index contributed by atoms with van der Waals surface area (Å²) in [6, 6.07) is 8.37. The first kappa shape index (κ1) is 13.4. The second kappa shape index (κ2) is 5.75. The van der Waals surface area contributed by atoms with Crippen molar-refractivity contribution in [2.75, 3.05) is 0 Å². The molecular weight excluding hydrogens is 265 g/mol. The number of pyridine rings is 1. The molecule has 0 bridgehead atoms. The Hall–Kier alpha value is -3.01. The van der Waals surface area contributed by atoms with Gasteiger partial charge in [-0.1, -0.05) is 6.07 Å². The summed E-state index contributed by atoms with van der Waals surface area (Å²) < 4.78 is 18.7. The van der Waals surface area contributed by atoms with Crippen LogP contribution < -0.4 is 4.74 Å². The van der Waals surface area contributed by atoms with Gasteiger partial charge < -0.3 is 4.74 Å². The lowest BCUT2D eigenvalue weighted by molar-refractivity contribution is -0.386. The monoisotopic (exact) mass is 273 g/mol. The van der Waals surface area contributed by atoms with Gasteiger partial charge in [-0.2, -0.15) is 5.26 Å². The van der Waals surface area contributed by atoms with E-state index in [4.69, 9.17) is 10.00 Å². The van der Waals surface area contributed by atoms with Crippen molar-refractivity contribution >= 4 is 5.69 Å². The molecule has 2 aromatic rings. The zero-order chi connectivity index (χ0) is 14.5. The van der Waals surface area contributed by atoms with E-state index in [1.807, 2.05) is 6.07 Å². The van der Waals surface area contributed by atoms with Crippen LogP contribution in [0.3, 0.4) is 0 Å². The molecule has 0 amide bonds. The lowest BCUT2D eigenvalue weighted by Gasteiger charge is -2.07. The Balaban J connectivity index is 2.23. The van der Waals surface area contributed by atoms with Crippen LogP contribution in [0.25, 0.3) is 0 Å². The summed E-state index contributed by atoms with van der Waals surface area (Å²) in [7, 11) is 0. The number of hydrogen-bond acceptors (Lipinski definition) is 5. The smallest absolute Gasteiger partial charge is 0.314 e. The molecule has 6 nitrogen and oxygen atoms in total. The lowest BCUT2D eigenvalue weighted by Crippen LogP contribution is -2.02. The molecule has 20 heavy (non-hydrogen) atoms. The quantitative estimate of drug-likeness (QED) is 0.630. The average Bonchev–Trinajstić information content (AvgIpc) is 2.45. The maximum absolute atomic E-state index is 13.6. The van der Waals surface area contributed by atoms with E-state index in [1.165, 1.54) is 18.3 Å². The van der Waals surface area contributed by atoms with Gasteiger partial charge in [-0.05, 0) is 23.8 Å². The van der Waals surface area contributed by atoms with Crippen molar-refractivity contribution in [3.05, 3.63) is 63.7 Å². The molecule has 1 aromatic carbocycles. The van der Waals surface area contributed by atoms with E-state index >= 15 is 0 Å². The molecule has 0 fully saturated rings. The van der Waals surface area contributed by atoms with Gasteiger partial charge in [-0.25, -0.2) is 9.37 Å². The summed E-state index contributed by atoms with van der Waals surface area (Å²) in [5, 5.41) is 19.5. The minimum absolute atomic E-state index is 0.0982. The van der Waals surface area contributed by atoms with Crippen LogP contribution in [0.1, 0.15) is 11.3 Å². The number of hydrogen-bond donors (Lipinski definition) is 0. The summed E-state index contributed by atoms with van der Waals surface area (Å²) >= 11 is 0. The largest absolute Gasteiger partial charge is 0.480 e. The Bertz CT molecular complexity index is 698. The number of nitriles is 1. The number of nitrogens with zero attached hydrogens (tertiary/aromatic N) is 3. The van der Waals surface area contributed by atoms with Gasteiger partial charge in [-0.3, -0.25) is 10.1 Å². The topological polar surface area (TPSA) is 89.0 Å². The molecule has 0 saturated carbocycles. The second-order valence-electron chi connectivity index (χ2n) is 3.80. The van der Waals surface area contributed by atoms with E-state index in [2.05, 4.69) is 4.98 Å². The number of halogens is 1. The highest BCUT2D eigenvalue weighted by Crippen LogP contribution is 2.30. The zero-order valence-electron chi connectivity index (χ0n) is 10.1. The molecule has 1 heterocycles. The molecule has 0 aliphatic carbocycles. The predicted octanol–water partition coefficient (Wildman–Crippen LogP) is 2.58. The number of rotatable bonds is 4. The third kappa shape index (κ3) is 2.87. The van der Waals surface area contributed by atoms with E-state index in [0.29, 0.717) is 5.56 Å². The van der Waals surface area contributed by atoms with Gasteiger partial charge in [0.15, 0.2) is 5.82 Å². The van der Waals surface area contributed by atoms with Gasteiger partial charge >= 0.3 is 5.69 Å². The van der Waals surface area contributed by atoms with Crippen LogP contribution in [-0.4, -0.2) is 9.91 Å². The highest BCUT2D eigenvalue weighted by molar-refractivity contribution is 5.47. The molecule has 2 rings (SSSR count). The van der Waals surface area contributed by atoms with Gasteiger partial charge in [0, 0.05) is 12.3 Å². The summed E-state index contributed by atoms with van der Waals surface area (Å²) in [4.78, 5) is 13.9. The number of ether oxygens (including phenoxy) is 1. The van der Waals surface area contributed by atoms with E-state index in [0.717, 1.165) is 12.1 Å². The van der Waals surface area contributed by atoms with E-state index in [9.17, 15) is 14.5 Å². The first-order valence-corrected chi connectivity index (χ1v) is 5.52. The van der Waals surface area contributed by atoms with Gasteiger partial charge in [0.05, 0.1) is 4.92 Å². The first-order valence-electron chi connectivity index (χ1n) is 5.52. The van der Waals surface area contributed by atoms with Gasteiger partial charge in [0.2, 0.25) is 5.75 Å². The molecule has 0 spiro atoms. The molecule has 100 valence electrons. The number of para-hydroxylation sites is 1. The zero-order valence-corrected chi connectivity index (χ0v) is 10.1.